The lowest BCUT2D eigenvalue weighted by Crippen LogP contribution is -2.42. The SMILES string of the molecule is CSc1nc2c(c(=O)[nH]1)C(c1ccc[nH+]c1)C1C(=O)CC(C)(C)C=C1N2. The lowest BCUT2D eigenvalue weighted by molar-refractivity contribution is -0.378. The molecular formula is C19H21N4O2S+. The van der Waals surface area contributed by atoms with Gasteiger partial charge >= 0.3 is 0 Å². The number of anilines is 1. The van der Waals surface area contributed by atoms with E-state index in [9.17, 15) is 9.59 Å². The van der Waals surface area contributed by atoms with E-state index >= 15 is 0 Å². The summed E-state index contributed by atoms with van der Waals surface area (Å²) in [7, 11) is 0. The molecule has 1 aliphatic carbocycles. The second-order valence-electron chi connectivity index (χ2n) is 7.49. The molecule has 0 spiro atoms. The number of ketones is 1. The molecule has 0 fully saturated rings. The van der Waals surface area contributed by atoms with Crippen molar-refractivity contribution in [2.45, 2.75) is 31.3 Å². The maximum Gasteiger partial charge on any atom is 0.257 e. The number of nitrogens with zero attached hydrogens (tertiary/aromatic N) is 1. The van der Waals surface area contributed by atoms with Crippen molar-refractivity contribution in [3.8, 4) is 0 Å². The Bertz CT molecular complexity index is 965. The quantitative estimate of drug-likeness (QED) is 0.627. The van der Waals surface area contributed by atoms with Gasteiger partial charge in [0.05, 0.1) is 11.5 Å². The molecule has 0 amide bonds. The maximum absolute atomic E-state index is 13.0. The van der Waals surface area contributed by atoms with Gasteiger partial charge in [0.25, 0.3) is 5.56 Å². The van der Waals surface area contributed by atoms with Crippen molar-refractivity contribution in [2.24, 2.45) is 11.3 Å². The van der Waals surface area contributed by atoms with Crippen LogP contribution in [0, 0.1) is 11.3 Å². The number of Topliss-reactive ketones (excluding diaryl/α,β-unsaturated/α-hetero) is 1. The van der Waals surface area contributed by atoms with Crippen molar-refractivity contribution in [1.82, 2.24) is 9.97 Å². The van der Waals surface area contributed by atoms with Crippen molar-refractivity contribution in [3.63, 3.8) is 0 Å². The highest BCUT2D eigenvalue weighted by Crippen LogP contribution is 2.47. The molecule has 2 unspecified atom stereocenters. The van der Waals surface area contributed by atoms with Crippen LogP contribution in [-0.4, -0.2) is 22.0 Å². The highest BCUT2D eigenvalue weighted by molar-refractivity contribution is 7.98. The molecule has 1 aliphatic heterocycles. The Balaban J connectivity index is 1.99. The summed E-state index contributed by atoms with van der Waals surface area (Å²) in [4.78, 5) is 36.4. The van der Waals surface area contributed by atoms with Gasteiger partial charge < -0.3 is 10.3 Å². The summed E-state index contributed by atoms with van der Waals surface area (Å²) in [6, 6.07) is 3.83. The molecule has 2 aromatic rings. The lowest BCUT2D eigenvalue weighted by atomic mass is 9.67. The zero-order valence-corrected chi connectivity index (χ0v) is 15.7. The highest BCUT2D eigenvalue weighted by atomic mass is 32.2. The van der Waals surface area contributed by atoms with Gasteiger partial charge in [-0.1, -0.05) is 31.7 Å². The van der Waals surface area contributed by atoms with Crippen LogP contribution in [-0.2, 0) is 4.79 Å². The Hall–Kier alpha value is -2.41. The van der Waals surface area contributed by atoms with E-state index in [1.165, 1.54) is 11.8 Å². The van der Waals surface area contributed by atoms with Gasteiger partial charge in [0, 0.05) is 29.7 Å². The molecular weight excluding hydrogens is 348 g/mol. The van der Waals surface area contributed by atoms with Crippen LogP contribution >= 0.6 is 11.8 Å². The summed E-state index contributed by atoms with van der Waals surface area (Å²) in [5.74, 6) is -0.0622. The third-order valence-electron chi connectivity index (χ3n) is 4.98. The van der Waals surface area contributed by atoms with E-state index < -0.39 is 5.92 Å². The van der Waals surface area contributed by atoms with Gasteiger partial charge in [-0.2, -0.15) is 0 Å². The van der Waals surface area contributed by atoms with Gasteiger partial charge in [0.1, 0.15) is 11.6 Å². The fraction of sp³-hybridized carbons (Fsp3) is 0.368. The number of carbonyl (C=O) groups excluding carboxylic acids is 1. The zero-order valence-electron chi connectivity index (χ0n) is 14.9. The molecule has 0 saturated heterocycles. The first-order chi connectivity index (χ1) is 12.4. The molecule has 0 bridgehead atoms. The minimum Gasteiger partial charge on any atom is -0.343 e. The first-order valence-corrected chi connectivity index (χ1v) is 9.79. The molecule has 2 atom stereocenters. The number of allylic oxidation sites excluding steroid dienone is 2. The van der Waals surface area contributed by atoms with E-state index in [4.69, 9.17) is 0 Å². The number of fused-ring (bicyclic) bond motifs is 2. The number of aromatic nitrogens is 3. The number of carbonyl (C=O) groups is 1. The van der Waals surface area contributed by atoms with Gasteiger partial charge in [-0.3, -0.25) is 9.59 Å². The standard InChI is InChI=1S/C19H20N4O2S/c1-19(2)7-11-14(12(24)8-19)13(10-5-4-6-20-9-10)15-16(21-11)22-18(26-3)23-17(15)25/h4-7,9,13-14H,8H2,1-3H3,(H2,21,22,23,25)/p+1. The molecule has 134 valence electrons. The molecule has 0 radical (unpaired) electrons. The van der Waals surface area contributed by atoms with Gasteiger partial charge in [-0.15, -0.1) is 0 Å². The summed E-state index contributed by atoms with van der Waals surface area (Å²) in [5, 5.41) is 3.84. The second kappa shape index (κ2) is 6.09. The molecule has 0 saturated carbocycles. The Morgan fingerprint density at radius 3 is 2.81 bits per heavy atom. The zero-order chi connectivity index (χ0) is 18.5. The van der Waals surface area contributed by atoms with Crippen molar-refractivity contribution >= 4 is 23.4 Å². The third-order valence-corrected chi connectivity index (χ3v) is 5.56. The lowest BCUT2D eigenvalue weighted by Gasteiger charge is -2.40. The number of nitrogens with one attached hydrogen (secondary N) is 3. The average molecular weight is 369 g/mol. The predicted molar refractivity (Wildman–Crippen MR) is 100 cm³/mol. The predicted octanol–water partition coefficient (Wildman–Crippen LogP) is 2.36. The van der Waals surface area contributed by atoms with Crippen molar-refractivity contribution in [1.29, 1.82) is 0 Å². The number of H-pyrrole nitrogens is 2. The summed E-state index contributed by atoms with van der Waals surface area (Å²) < 4.78 is 0. The van der Waals surface area contributed by atoms with Gasteiger partial charge in [0.15, 0.2) is 17.6 Å². The Morgan fingerprint density at radius 2 is 2.12 bits per heavy atom. The van der Waals surface area contributed by atoms with E-state index in [0.29, 0.717) is 23.0 Å². The number of hydrogen-bond acceptors (Lipinski definition) is 5. The van der Waals surface area contributed by atoms with Crippen LogP contribution in [0.25, 0.3) is 0 Å². The normalized spacial score (nSPS) is 23.5. The number of aromatic amines is 2. The summed E-state index contributed by atoms with van der Waals surface area (Å²) >= 11 is 1.38. The van der Waals surface area contributed by atoms with E-state index in [1.54, 1.807) is 0 Å². The van der Waals surface area contributed by atoms with Gasteiger partial charge in [0.2, 0.25) is 0 Å². The topological polar surface area (TPSA) is 89.0 Å². The summed E-state index contributed by atoms with van der Waals surface area (Å²) in [6.07, 6.45) is 8.11. The minimum atomic E-state index is -0.394. The van der Waals surface area contributed by atoms with E-state index in [2.05, 4.69) is 40.2 Å². The van der Waals surface area contributed by atoms with Gasteiger partial charge in [-0.25, -0.2) is 9.97 Å². The van der Waals surface area contributed by atoms with Gasteiger partial charge in [-0.05, 0) is 17.7 Å². The van der Waals surface area contributed by atoms with E-state index in [1.807, 2.05) is 30.8 Å². The largest absolute Gasteiger partial charge is 0.343 e. The maximum atomic E-state index is 13.0. The van der Waals surface area contributed by atoms with Crippen LogP contribution in [0.3, 0.4) is 0 Å². The molecule has 2 aliphatic rings. The number of thioether (sulfide) groups is 1. The van der Waals surface area contributed by atoms with E-state index in [-0.39, 0.29) is 22.7 Å². The fourth-order valence-corrected chi connectivity index (χ4v) is 4.36. The highest BCUT2D eigenvalue weighted by Gasteiger charge is 2.46. The molecule has 7 heteroatoms. The summed E-state index contributed by atoms with van der Waals surface area (Å²) in [6.45, 7) is 4.10. The molecule has 26 heavy (non-hydrogen) atoms. The Labute approximate surface area is 155 Å². The smallest absolute Gasteiger partial charge is 0.257 e. The van der Waals surface area contributed by atoms with Crippen LogP contribution in [0.15, 0.2) is 46.3 Å². The Morgan fingerprint density at radius 1 is 1.31 bits per heavy atom. The average Bonchev–Trinajstić information content (AvgIpc) is 2.59. The first-order valence-electron chi connectivity index (χ1n) is 8.56. The van der Waals surface area contributed by atoms with Crippen LogP contribution in [0.1, 0.15) is 37.3 Å². The van der Waals surface area contributed by atoms with E-state index in [0.717, 1.165) is 11.3 Å². The van der Waals surface area contributed by atoms with Crippen molar-refractivity contribution in [2.75, 3.05) is 11.6 Å². The number of rotatable bonds is 2. The monoisotopic (exact) mass is 369 g/mol. The van der Waals surface area contributed by atoms with Crippen LogP contribution in [0.4, 0.5) is 5.82 Å². The molecule has 6 nitrogen and oxygen atoms in total. The number of hydrogen-bond donors (Lipinski definition) is 2. The van der Waals surface area contributed by atoms with Crippen LogP contribution < -0.4 is 15.9 Å². The minimum absolute atomic E-state index is 0.146. The van der Waals surface area contributed by atoms with Crippen molar-refractivity contribution < 1.29 is 9.78 Å². The molecule has 3 heterocycles. The fourth-order valence-electron chi connectivity index (χ4n) is 3.98. The molecule has 3 N–H and O–H groups in total. The van der Waals surface area contributed by atoms with Crippen molar-refractivity contribution in [3.05, 3.63) is 57.8 Å². The Kier molecular flexibility index (Phi) is 3.99. The first kappa shape index (κ1) is 17.0. The second-order valence-corrected chi connectivity index (χ2v) is 8.28. The molecule has 0 aromatic carbocycles. The summed E-state index contributed by atoms with van der Waals surface area (Å²) in [5.41, 5.74) is 1.86. The van der Waals surface area contributed by atoms with Crippen LogP contribution in [0.2, 0.25) is 0 Å². The van der Waals surface area contributed by atoms with Crippen LogP contribution in [0.5, 0.6) is 0 Å². The number of pyridine rings is 1. The third kappa shape index (κ3) is 2.76. The molecule has 2 aromatic heterocycles. The molecule has 4 rings (SSSR count).